The van der Waals surface area contributed by atoms with E-state index in [1.807, 2.05) is 11.9 Å². The van der Waals surface area contributed by atoms with Gasteiger partial charge in [-0.1, -0.05) is 0 Å². The van der Waals surface area contributed by atoms with Gasteiger partial charge in [-0.25, -0.2) is 9.78 Å². The zero-order valence-corrected chi connectivity index (χ0v) is 22.1. The maximum atomic E-state index is 13.7. The number of hydrogen-bond donors (Lipinski definition) is 1. The minimum absolute atomic E-state index is 0.0289. The Bertz CT molecular complexity index is 1290. The molecule has 14 heteroatoms. The van der Waals surface area contributed by atoms with E-state index in [0.29, 0.717) is 31.1 Å². The molecule has 3 aliphatic rings. The molecule has 40 heavy (non-hydrogen) atoms. The van der Waals surface area contributed by atoms with E-state index in [4.69, 9.17) is 9.72 Å². The second-order valence-corrected chi connectivity index (χ2v) is 10.3. The number of fused-ring (bicyclic) bond motifs is 1. The number of anilines is 2. The van der Waals surface area contributed by atoms with Crippen molar-refractivity contribution in [2.45, 2.75) is 50.5 Å². The first-order valence-corrected chi connectivity index (χ1v) is 13.3. The number of ether oxygens (including phenoxy) is 1. The largest absolute Gasteiger partial charge is 0.465 e. The van der Waals surface area contributed by atoms with Gasteiger partial charge < -0.3 is 29.4 Å². The number of halogens is 3. The highest BCUT2D eigenvalue weighted by Crippen LogP contribution is 2.38. The molecule has 11 nitrogen and oxygen atoms in total. The number of hydrogen-bond acceptors (Lipinski definition) is 9. The van der Waals surface area contributed by atoms with Gasteiger partial charge in [0.15, 0.2) is 0 Å². The molecular formula is C26H31F3N8O3. The summed E-state index contributed by atoms with van der Waals surface area (Å²) in [7, 11) is 2.03. The molecule has 2 aromatic rings. The molecule has 0 spiro atoms. The van der Waals surface area contributed by atoms with Gasteiger partial charge in [-0.2, -0.15) is 28.4 Å². The van der Waals surface area contributed by atoms with Crippen molar-refractivity contribution in [2.24, 2.45) is 0 Å². The average molecular weight is 561 g/mol. The van der Waals surface area contributed by atoms with Crippen LogP contribution in [0.5, 0.6) is 6.01 Å². The van der Waals surface area contributed by atoms with Crippen LogP contribution in [0.2, 0.25) is 0 Å². The van der Waals surface area contributed by atoms with Crippen LogP contribution in [-0.4, -0.2) is 94.4 Å². The minimum atomic E-state index is -4.55. The van der Waals surface area contributed by atoms with Crippen LogP contribution in [0.25, 0.3) is 0 Å². The molecule has 3 aliphatic heterocycles. The molecule has 0 radical (unpaired) electrons. The fourth-order valence-corrected chi connectivity index (χ4v) is 5.71. The number of nitrogens with zero attached hydrogens (tertiary/aromatic N) is 8. The summed E-state index contributed by atoms with van der Waals surface area (Å²) in [5.74, 6) is 0.421. The summed E-state index contributed by atoms with van der Waals surface area (Å²) in [6.07, 6.45) is -1.85. The molecule has 214 valence electrons. The van der Waals surface area contributed by atoms with Gasteiger partial charge in [0, 0.05) is 44.0 Å². The number of pyridine rings is 1. The number of likely N-dealkylation sites (tertiary alicyclic amines) is 1. The van der Waals surface area contributed by atoms with E-state index < -0.39 is 23.9 Å². The highest BCUT2D eigenvalue weighted by atomic mass is 19.4. The maximum Gasteiger partial charge on any atom is 0.419 e. The predicted octanol–water partition coefficient (Wildman–Crippen LogP) is 3.01. The molecule has 5 rings (SSSR count). The third kappa shape index (κ3) is 5.70. The van der Waals surface area contributed by atoms with Gasteiger partial charge in [-0.3, -0.25) is 0 Å². The lowest BCUT2D eigenvalue weighted by Gasteiger charge is -2.41. The normalized spacial score (nSPS) is 21.7. The standard InChI is InChI=1S/C26H31F3N8O3/c1-34-10-3-4-18(34)16-40-24-32-21-15-35(23-20(26(27,28)29)5-2-9-31-23)11-7-19(21)22(33-24)36-12-13-37(25(38)39)17(14-36)6-8-30/h2,5,9,17-18H,3-4,6-7,10-16H2,1H3,(H,38,39). The molecule has 0 aliphatic carbocycles. The molecule has 2 unspecified atom stereocenters. The average Bonchev–Trinajstić information content (AvgIpc) is 3.35. The summed E-state index contributed by atoms with van der Waals surface area (Å²) in [4.78, 5) is 32.1. The first-order chi connectivity index (χ1) is 19.2. The summed E-state index contributed by atoms with van der Waals surface area (Å²) >= 11 is 0. The summed E-state index contributed by atoms with van der Waals surface area (Å²) in [6, 6.07) is 4.15. The lowest BCUT2D eigenvalue weighted by molar-refractivity contribution is -0.137. The van der Waals surface area contributed by atoms with Crippen LogP contribution in [0.3, 0.4) is 0 Å². The van der Waals surface area contributed by atoms with Crippen LogP contribution >= 0.6 is 0 Å². The Balaban J connectivity index is 1.47. The molecule has 0 aromatic carbocycles. The zero-order chi connectivity index (χ0) is 28.4. The van der Waals surface area contributed by atoms with Crippen molar-refractivity contribution in [3.63, 3.8) is 0 Å². The van der Waals surface area contributed by atoms with Crippen molar-refractivity contribution in [3.05, 3.63) is 35.2 Å². The summed E-state index contributed by atoms with van der Waals surface area (Å²) in [5.41, 5.74) is 0.519. The first-order valence-electron chi connectivity index (χ1n) is 13.3. The number of alkyl halides is 3. The first kappa shape index (κ1) is 27.7. The van der Waals surface area contributed by atoms with E-state index in [9.17, 15) is 28.3 Å². The lowest BCUT2D eigenvalue weighted by Crippen LogP contribution is -2.55. The fraction of sp³-hybridized carbons (Fsp3) is 0.577. The Kier molecular flexibility index (Phi) is 7.84. The molecule has 1 N–H and O–H groups in total. The third-order valence-corrected chi connectivity index (χ3v) is 7.85. The van der Waals surface area contributed by atoms with Crippen LogP contribution in [0.4, 0.5) is 29.6 Å². The van der Waals surface area contributed by atoms with Gasteiger partial charge in [0.1, 0.15) is 18.2 Å². The van der Waals surface area contributed by atoms with Gasteiger partial charge in [0.05, 0.1) is 36.3 Å². The number of aromatic nitrogens is 3. The van der Waals surface area contributed by atoms with E-state index >= 15 is 0 Å². The van der Waals surface area contributed by atoms with E-state index in [1.165, 1.54) is 17.2 Å². The molecule has 1 amide bonds. The van der Waals surface area contributed by atoms with E-state index in [2.05, 4.69) is 20.9 Å². The molecule has 0 bridgehead atoms. The molecule has 2 fully saturated rings. The number of rotatable bonds is 6. The van der Waals surface area contributed by atoms with Crippen molar-refractivity contribution in [1.82, 2.24) is 24.8 Å². The summed E-state index contributed by atoms with van der Waals surface area (Å²) < 4.78 is 47.3. The molecule has 5 heterocycles. The van der Waals surface area contributed by atoms with Gasteiger partial charge in [-0.15, -0.1) is 0 Å². The lowest BCUT2D eigenvalue weighted by atomic mass is 10.0. The van der Waals surface area contributed by atoms with Crippen molar-refractivity contribution < 1.29 is 27.8 Å². The Labute approximate surface area is 229 Å². The van der Waals surface area contributed by atoms with E-state index in [0.717, 1.165) is 31.0 Å². The van der Waals surface area contributed by atoms with Crippen molar-refractivity contribution >= 4 is 17.7 Å². The third-order valence-electron chi connectivity index (χ3n) is 7.85. The highest BCUT2D eigenvalue weighted by Gasteiger charge is 2.38. The maximum absolute atomic E-state index is 13.7. The van der Waals surface area contributed by atoms with Crippen LogP contribution < -0.4 is 14.5 Å². The Morgan fingerprint density at radius 1 is 1.18 bits per heavy atom. The smallest absolute Gasteiger partial charge is 0.419 e. The van der Waals surface area contributed by atoms with E-state index in [1.54, 1.807) is 4.90 Å². The number of carbonyl (C=O) groups is 1. The number of nitriles is 1. The summed E-state index contributed by atoms with van der Waals surface area (Å²) in [5, 5.41) is 18.9. The molecule has 2 aromatic heterocycles. The zero-order valence-electron chi connectivity index (χ0n) is 22.1. The van der Waals surface area contributed by atoms with Crippen LogP contribution in [0.1, 0.15) is 36.1 Å². The second kappa shape index (κ2) is 11.3. The van der Waals surface area contributed by atoms with Crippen molar-refractivity contribution in [2.75, 3.05) is 56.2 Å². The second-order valence-electron chi connectivity index (χ2n) is 10.3. The van der Waals surface area contributed by atoms with Crippen molar-refractivity contribution in [1.29, 1.82) is 5.26 Å². The molecule has 2 atom stereocenters. The van der Waals surface area contributed by atoms with Gasteiger partial charge >= 0.3 is 18.3 Å². The minimum Gasteiger partial charge on any atom is -0.465 e. The van der Waals surface area contributed by atoms with Crippen LogP contribution in [0, 0.1) is 11.3 Å². The fourth-order valence-electron chi connectivity index (χ4n) is 5.71. The molecule has 0 saturated carbocycles. The highest BCUT2D eigenvalue weighted by molar-refractivity contribution is 5.66. The molecular weight excluding hydrogens is 529 g/mol. The predicted molar refractivity (Wildman–Crippen MR) is 138 cm³/mol. The van der Waals surface area contributed by atoms with Gasteiger partial charge in [0.2, 0.25) is 0 Å². The molecule has 2 saturated heterocycles. The summed E-state index contributed by atoms with van der Waals surface area (Å²) in [6.45, 7) is 2.51. The monoisotopic (exact) mass is 560 g/mol. The number of piperazine rings is 1. The number of likely N-dealkylation sites (N-methyl/N-ethyl adjacent to an activating group) is 1. The SMILES string of the molecule is CN1CCCC1COc1nc2c(c(N3CCN(C(=O)O)C(CC#N)C3)n1)CCN(c1ncccc1C(F)(F)F)C2. The number of carboxylic acid groups (broad SMARTS) is 1. The Hall–Kier alpha value is -3.86. The Morgan fingerprint density at radius 3 is 2.70 bits per heavy atom. The van der Waals surface area contributed by atoms with Crippen LogP contribution in [-0.2, 0) is 19.1 Å². The Morgan fingerprint density at radius 2 is 2.00 bits per heavy atom. The van der Waals surface area contributed by atoms with E-state index in [-0.39, 0.29) is 50.5 Å². The van der Waals surface area contributed by atoms with Gasteiger partial charge in [0.25, 0.3) is 0 Å². The van der Waals surface area contributed by atoms with Crippen LogP contribution in [0.15, 0.2) is 18.3 Å². The quantitative estimate of drug-likeness (QED) is 0.564. The topological polar surface area (TPSA) is 122 Å². The van der Waals surface area contributed by atoms with Crippen molar-refractivity contribution in [3.8, 4) is 12.1 Å². The number of amides is 1. The van der Waals surface area contributed by atoms with Gasteiger partial charge in [-0.05, 0) is 45.0 Å².